The second kappa shape index (κ2) is 5.01. The third-order valence-corrected chi connectivity index (χ3v) is 4.67. The summed E-state index contributed by atoms with van der Waals surface area (Å²) in [5, 5.41) is 1.40. The molecule has 1 aliphatic rings. The van der Waals surface area contributed by atoms with Crippen molar-refractivity contribution in [3.05, 3.63) is 35.0 Å². The van der Waals surface area contributed by atoms with Crippen LogP contribution in [0.15, 0.2) is 18.3 Å². The van der Waals surface area contributed by atoms with Gasteiger partial charge in [-0.2, -0.15) is 0 Å². The molecule has 0 radical (unpaired) electrons. The highest BCUT2D eigenvalue weighted by atomic mass is 14.7. The second-order valence-corrected chi connectivity index (χ2v) is 6.23. The number of nitrogens with two attached hydrogens (primary N) is 1. The Bertz CT molecular complexity index is 582. The first-order valence-electron chi connectivity index (χ1n) is 7.48. The zero-order chi connectivity index (χ0) is 13.4. The number of hydrogen-bond donors (Lipinski definition) is 2. The summed E-state index contributed by atoms with van der Waals surface area (Å²) in [5.74, 6) is 0.661. The maximum Gasteiger partial charge on any atom is 0.0486 e. The first-order valence-corrected chi connectivity index (χ1v) is 7.48. The van der Waals surface area contributed by atoms with E-state index in [2.05, 4.69) is 37.2 Å². The van der Waals surface area contributed by atoms with E-state index in [1.807, 2.05) is 0 Å². The molecule has 1 saturated carbocycles. The summed E-state index contributed by atoms with van der Waals surface area (Å²) < 4.78 is 0. The summed E-state index contributed by atoms with van der Waals surface area (Å²) in [5.41, 5.74) is 11.7. The van der Waals surface area contributed by atoms with Crippen LogP contribution < -0.4 is 5.73 Å². The van der Waals surface area contributed by atoms with Gasteiger partial charge in [-0.1, -0.05) is 24.5 Å². The molecule has 2 heteroatoms. The minimum atomic E-state index is 0.393. The first-order chi connectivity index (χ1) is 9.15. The smallest absolute Gasteiger partial charge is 0.0486 e. The van der Waals surface area contributed by atoms with E-state index >= 15 is 0 Å². The van der Waals surface area contributed by atoms with Crippen LogP contribution in [-0.2, 0) is 6.42 Å². The molecule has 0 aliphatic heterocycles. The molecule has 0 bridgehead atoms. The quantitative estimate of drug-likeness (QED) is 0.842. The van der Waals surface area contributed by atoms with E-state index < -0.39 is 0 Å². The lowest BCUT2D eigenvalue weighted by atomic mass is 9.81. The molecule has 0 spiro atoms. The lowest BCUT2D eigenvalue weighted by Gasteiger charge is -2.28. The van der Waals surface area contributed by atoms with Crippen molar-refractivity contribution in [1.29, 1.82) is 0 Å². The van der Waals surface area contributed by atoms with Crippen LogP contribution in [0.5, 0.6) is 0 Å². The van der Waals surface area contributed by atoms with Crippen LogP contribution in [0.25, 0.3) is 10.9 Å². The largest absolute Gasteiger partial charge is 0.361 e. The number of aromatic nitrogens is 1. The molecule has 2 nitrogen and oxygen atoms in total. The topological polar surface area (TPSA) is 41.8 Å². The Morgan fingerprint density at radius 2 is 2.00 bits per heavy atom. The van der Waals surface area contributed by atoms with Crippen molar-refractivity contribution in [2.75, 3.05) is 0 Å². The highest BCUT2D eigenvalue weighted by molar-refractivity contribution is 5.86. The van der Waals surface area contributed by atoms with E-state index in [1.54, 1.807) is 0 Å². The molecular formula is C17H24N2. The first kappa shape index (κ1) is 12.7. The van der Waals surface area contributed by atoms with Gasteiger partial charge in [0.05, 0.1) is 0 Å². The maximum absolute atomic E-state index is 6.29. The molecule has 1 aromatic heterocycles. The molecule has 2 atom stereocenters. The van der Waals surface area contributed by atoms with E-state index in [1.165, 1.54) is 53.3 Å². The van der Waals surface area contributed by atoms with E-state index in [0.717, 1.165) is 6.42 Å². The van der Waals surface area contributed by atoms with Gasteiger partial charge < -0.3 is 10.7 Å². The van der Waals surface area contributed by atoms with E-state index in [0.29, 0.717) is 12.0 Å². The third kappa shape index (κ3) is 2.42. The van der Waals surface area contributed by atoms with Crippen LogP contribution >= 0.6 is 0 Å². The Labute approximate surface area is 115 Å². The van der Waals surface area contributed by atoms with Crippen molar-refractivity contribution < 1.29 is 0 Å². The fourth-order valence-corrected chi connectivity index (χ4v) is 3.59. The highest BCUT2D eigenvalue weighted by Gasteiger charge is 2.23. The fraction of sp³-hybridized carbons (Fsp3) is 0.529. The van der Waals surface area contributed by atoms with Crippen LogP contribution in [0.2, 0.25) is 0 Å². The van der Waals surface area contributed by atoms with Crippen molar-refractivity contribution in [2.45, 2.75) is 52.0 Å². The average molecular weight is 256 g/mol. The van der Waals surface area contributed by atoms with Gasteiger partial charge in [0, 0.05) is 23.1 Å². The summed E-state index contributed by atoms with van der Waals surface area (Å²) >= 11 is 0. The summed E-state index contributed by atoms with van der Waals surface area (Å²) in [7, 11) is 0. The predicted octanol–water partition coefficient (Wildman–Crippen LogP) is 3.84. The molecule has 1 heterocycles. The number of H-pyrrole nitrogens is 1. The summed E-state index contributed by atoms with van der Waals surface area (Å²) in [6, 6.07) is 4.95. The molecule has 1 aliphatic carbocycles. The Morgan fingerprint density at radius 1 is 1.21 bits per heavy atom. The molecule has 0 saturated heterocycles. The molecule has 2 unspecified atom stereocenters. The molecular weight excluding hydrogens is 232 g/mol. The zero-order valence-electron chi connectivity index (χ0n) is 12.0. The van der Waals surface area contributed by atoms with Crippen molar-refractivity contribution in [1.82, 2.24) is 4.98 Å². The number of nitrogens with one attached hydrogen (secondary N) is 1. The number of fused-ring (bicyclic) bond motifs is 1. The predicted molar refractivity (Wildman–Crippen MR) is 81.4 cm³/mol. The number of rotatable bonds is 2. The standard InChI is InChI=1S/C17H24N2/c1-11-7-12(2)17-15(8-11)14(10-19-17)9-13-5-3-4-6-16(13)18/h7-8,10,13,16,19H,3-6,9,18H2,1-2H3. The SMILES string of the molecule is Cc1cc(C)c2[nH]cc(CC3CCCCC3N)c2c1. The Kier molecular flexibility index (Phi) is 3.36. The second-order valence-electron chi connectivity index (χ2n) is 6.23. The van der Waals surface area contributed by atoms with Crippen molar-refractivity contribution in [3.8, 4) is 0 Å². The molecule has 3 N–H and O–H groups in total. The molecule has 2 aromatic rings. The Hall–Kier alpha value is -1.28. The molecule has 102 valence electrons. The van der Waals surface area contributed by atoms with Crippen LogP contribution in [0.4, 0.5) is 0 Å². The van der Waals surface area contributed by atoms with E-state index in [-0.39, 0.29) is 0 Å². The Balaban J connectivity index is 1.92. The van der Waals surface area contributed by atoms with Gasteiger partial charge in [0.15, 0.2) is 0 Å². The van der Waals surface area contributed by atoms with Crippen LogP contribution in [-0.4, -0.2) is 11.0 Å². The van der Waals surface area contributed by atoms with E-state index in [9.17, 15) is 0 Å². The summed E-state index contributed by atoms with van der Waals surface area (Å²) in [6.07, 6.45) is 8.47. The normalized spacial score (nSPS) is 23.9. The van der Waals surface area contributed by atoms with Gasteiger partial charge in [-0.3, -0.25) is 0 Å². The fourth-order valence-electron chi connectivity index (χ4n) is 3.59. The van der Waals surface area contributed by atoms with Crippen molar-refractivity contribution >= 4 is 10.9 Å². The zero-order valence-corrected chi connectivity index (χ0v) is 12.0. The van der Waals surface area contributed by atoms with Gasteiger partial charge in [0.2, 0.25) is 0 Å². The Morgan fingerprint density at radius 3 is 2.79 bits per heavy atom. The molecule has 1 fully saturated rings. The lowest BCUT2D eigenvalue weighted by molar-refractivity contribution is 0.307. The monoisotopic (exact) mass is 256 g/mol. The van der Waals surface area contributed by atoms with Crippen LogP contribution in [0, 0.1) is 19.8 Å². The number of aromatic amines is 1. The minimum Gasteiger partial charge on any atom is -0.361 e. The molecule has 3 rings (SSSR count). The van der Waals surface area contributed by atoms with Crippen LogP contribution in [0.3, 0.4) is 0 Å². The summed E-state index contributed by atoms with van der Waals surface area (Å²) in [4.78, 5) is 3.45. The number of benzene rings is 1. The van der Waals surface area contributed by atoms with Gasteiger partial charge in [0.25, 0.3) is 0 Å². The van der Waals surface area contributed by atoms with Gasteiger partial charge >= 0.3 is 0 Å². The number of hydrogen-bond acceptors (Lipinski definition) is 1. The number of aryl methyl sites for hydroxylation is 2. The molecule has 0 amide bonds. The van der Waals surface area contributed by atoms with Gasteiger partial charge in [-0.05, 0) is 56.2 Å². The summed E-state index contributed by atoms with van der Waals surface area (Å²) in [6.45, 7) is 4.36. The molecule has 19 heavy (non-hydrogen) atoms. The lowest BCUT2D eigenvalue weighted by Crippen LogP contribution is -2.34. The highest BCUT2D eigenvalue weighted by Crippen LogP contribution is 2.30. The van der Waals surface area contributed by atoms with E-state index in [4.69, 9.17) is 5.73 Å². The minimum absolute atomic E-state index is 0.393. The van der Waals surface area contributed by atoms with Crippen molar-refractivity contribution in [2.24, 2.45) is 11.7 Å². The van der Waals surface area contributed by atoms with Gasteiger partial charge in [-0.15, -0.1) is 0 Å². The third-order valence-electron chi connectivity index (χ3n) is 4.67. The average Bonchev–Trinajstić information content (AvgIpc) is 2.76. The van der Waals surface area contributed by atoms with Gasteiger partial charge in [0.1, 0.15) is 0 Å². The molecule has 1 aromatic carbocycles. The maximum atomic E-state index is 6.29. The van der Waals surface area contributed by atoms with Crippen molar-refractivity contribution in [3.63, 3.8) is 0 Å². The van der Waals surface area contributed by atoms with Gasteiger partial charge in [-0.25, -0.2) is 0 Å². The van der Waals surface area contributed by atoms with Crippen LogP contribution in [0.1, 0.15) is 42.4 Å².